The van der Waals surface area contributed by atoms with Crippen LogP contribution in [-0.4, -0.2) is 81.7 Å². The van der Waals surface area contributed by atoms with Crippen molar-refractivity contribution < 1.29 is 28.7 Å². The van der Waals surface area contributed by atoms with Crippen LogP contribution in [0.3, 0.4) is 0 Å². The molecule has 1 aromatic carbocycles. The zero-order chi connectivity index (χ0) is 37.2. The smallest absolute Gasteiger partial charge is 0.425 e. The van der Waals surface area contributed by atoms with Gasteiger partial charge in [-0.15, -0.1) is 11.3 Å². The van der Waals surface area contributed by atoms with Crippen LogP contribution < -0.4 is 10.2 Å². The number of piperidine rings is 2. The molecular weight excluding hydrogens is 669 g/mol. The number of hydrogen-bond donors (Lipinski definition) is 1. The van der Waals surface area contributed by atoms with E-state index in [2.05, 4.69) is 47.4 Å². The highest BCUT2D eigenvalue weighted by molar-refractivity contribution is 7.18. The fourth-order valence-electron chi connectivity index (χ4n) is 6.53. The van der Waals surface area contributed by atoms with Crippen molar-refractivity contribution in [2.75, 3.05) is 36.9 Å². The van der Waals surface area contributed by atoms with E-state index in [-0.39, 0.29) is 23.5 Å². The number of carbonyl (C=O) groups is 4. The summed E-state index contributed by atoms with van der Waals surface area (Å²) in [6.07, 6.45) is 3.66. The third kappa shape index (κ3) is 9.42. The van der Waals surface area contributed by atoms with Crippen molar-refractivity contribution in [3.8, 4) is 0 Å². The first kappa shape index (κ1) is 38.1. The standard InChI is InChI=1S/C38H52N6O6S/c1-10-24-19-27(21-39-31(24)44(35(47)49-37(3,4)5)36(48)50-38(6,7)8)40-32(45)34(46)43-22-23(2)11-13-29(43)26-12-14-30-28(20-26)41-33(51-30)25-15-17-42(9)18-16-25/h12,14,19-21,23,25,29H,10-11,13,15-18,22H2,1-9H3,(H,40,45)/t23-,29?/m0/s1. The molecule has 5 rings (SSSR count). The SMILES string of the molecule is CCc1cc(NC(=O)C(=O)N2C[C@@H](C)CCC2c2ccc3sc(C4CCN(C)CC4)nc3c2)cnc1N(C(=O)OC(C)(C)C)C(=O)OC(C)(C)C. The predicted octanol–water partition coefficient (Wildman–Crippen LogP) is 7.68. The average Bonchev–Trinajstić information content (AvgIpc) is 3.47. The highest BCUT2D eigenvalue weighted by Crippen LogP contribution is 2.38. The normalized spacial score (nSPS) is 19.1. The van der Waals surface area contributed by atoms with E-state index in [0.29, 0.717) is 24.4 Å². The van der Waals surface area contributed by atoms with Crippen molar-refractivity contribution in [2.45, 2.75) is 111 Å². The molecule has 0 bridgehead atoms. The number of likely N-dealkylation sites (tertiary alicyclic amines) is 2. The van der Waals surface area contributed by atoms with Gasteiger partial charge in [0, 0.05) is 12.5 Å². The molecule has 2 fully saturated rings. The number of nitrogens with zero attached hydrogens (tertiary/aromatic N) is 5. The Morgan fingerprint density at radius 1 is 0.961 bits per heavy atom. The number of hydrogen-bond acceptors (Lipinski definition) is 10. The number of ether oxygens (including phenoxy) is 2. The molecule has 0 spiro atoms. The van der Waals surface area contributed by atoms with Gasteiger partial charge in [-0.3, -0.25) is 9.59 Å². The minimum Gasteiger partial charge on any atom is -0.443 e. The molecule has 0 saturated carbocycles. The molecule has 2 atom stereocenters. The molecule has 1 unspecified atom stereocenters. The van der Waals surface area contributed by atoms with Gasteiger partial charge in [-0.1, -0.05) is 19.9 Å². The Kier molecular flexibility index (Phi) is 11.4. The Morgan fingerprint density at radius 2 is 1.61 bits per heavy atom. The van der Waals surface area contributed by atoms with Crippen LogP contribution in [0.25, 0.3) is 10.2 Å². The van der Waals surface area contributed by atoms with Crippen molar-refractivity contribution >= 4 is 57.1 Å². The number of pyridine rings is 1. The number of nitrogens with one attached hydrogen (secondary N) is 1. The van der Waals surface area contributed by atoms with Crippen molar-refractivity contribution in [1.82, 2.24) is 19.8 Å². The van der Waals surface area contributed by atoms with E-state index in [1.54, 1.807) is 63.8 Å². The summed E-state index contributed by atoms with van der Waals surface area (Å²) in [5.41, 5.74) is 0.866. The Hall–Kier alpha value is -4.10. The van der Waals surface area contributed by atoms with Crippen molar-refractivity contribution in [2.24, 2.45) is 5.92 Å². The summed E-state index contributed by atoms with van der Waals surface area (Å²) < 4.78 is 12.2. The Bertz CT molecular complexity index is 1740. The monoisotopic (exact) mass is 720 g/mol. The quantitative estimate of drug-likeness (QED) is 0.264. The fraction of sp³-hybridized carbons (Fsp3) is 0.579. The number of aryl methyl sites for hydroxylation is 1. The Morgan fingerprint density at radius 3 is 2.22 bits per heavy atom. The maximum atomic E-state index is 13.9. The largest absolute Gasteiger partial charge is 0.443 e. The lowest BCUT2D eigenvalue weighted by atomic mass is 9.89. The Labute approximate surface area is 304 Å². The molecule has 4 amide bonds. The van der Waals surface area contributed by atoms with Crippen LogP contribution in [0.4, 0.5) is 21.1 Å². The van der Waals surface area contributed by atoms with E-state index in [9.17, 15) is 19.2 Å². The van der Waals surface area contributed by atoms with Crippen LogP contribution in [-0.2, 0) is 25.5 Å². The minimum absolute atomic E-state index is 0.0201. The summed E-state index contributed by atoms with van der Waals surface area (Å²) in [4.78, 5) is 68.1. The fourth-order valence-corrected chi connectivity index (χ4v) is 7.65. The third-order valence-corrected chi connectivity index (χ3v) is 10.3. The number of carbonyl (C=O) groups excluding carboxylic acids is 4. The molecular formula is C38H52N6O6S. The van der Waals surface area contributed by atoms with Crippen LogP contribution in [0.5, 0.6) is 0 Å². The maximum absolute atomic E-state index is 13.9. The van der Waals surface area contributed by atoms with E-state index in [1.807, 2.05) is 6.92 Å². The number of fused-ring (bicyclic) bond motifs is 1. The van der Waals surface area contributed by atoms with E-state index in [0.717, 1.165) is 59.5 Å². The lowest BCUT2D eigenvalue weighted by Crippen LogP contribution is -2.46. The van der Waals surface area contributed by atoms with Crippen molar-refractivity contribution in [1.29, 1.82) is 0 Å². The predicted molar refractivity (Wildman–Crippen MR) is 199 cm³/mol. The molecule has 2 aliphatic rings. The lowest BCUT2D eigenvalue weighted by Gasteiger charge is -2.38. The summed E-state index contributed by atoms with van der Waals surface area (Å²) in [5, 5.41) is 3.89. The topological polar surface area (TPSA) is 134 Å². The first-order valence-electron chi connectivity index (χ1n) is 17.9. The van der Waals surface area contributed by atoms with Crippen molar-refractivity contribution in [3.05, 3.63) is 46.6 Å². The van der Waals surface area contributed by atoms with Crippen LogP contribution in [0.15, 0.2) is 30.5 Å². The minimum atomic E-state index is -0.940. The number of thiazole rings is 1. The highest BCUT2D eigenvalue weighted by Gasteiger charge is 2.37. The summed E-state index contributed by atoms with van der Waals surface area (Å²) >= 11 is 1.75. The number of amides is 4. The maximum Gasteiger partial charge on any atom is 0.425 e. The number of aromatic nitrogens is 2. The molecule has 2 aliphatic heterocycles. The van der Waals surface area contributed by atoms with Crippen LogP contribution >= 0.6 is 11.3 Å². The average molecular weight is 721 g/mol. The molecule has 0 aliphatic carbocycles. The van der Waals surface area contributed by atoms with E-state index < -0.39 is 35.2 Å². The molecule has 12 nitrogen and oxygen atoms in total. The molecule has 1 N–H and O–H groups in total. The van der Waals surface area contributed by atoms with Gasteiger partial charge in [0.2, 0.25) is 0 Å². The van der Waals surface area contributed by atoms with E-state index in [1.165, 1.54) is 11.2 Å². The summed E-state index contributed by atoms with van der Waals surface area (Å²) in [7, 11) is 2.16. The summed E-state index contributed by atoms with van der Waals surface area (Å²) in [6, 6.07) is 7.58. The summed E-state index contributed by atoms with van der Waals surface area (Å²) in [5.74, 6) is -0.707. The zero-order valence-corrected chi connectivity index (χ0v) is 32.2. The molecule has 51 heavy (non-hydrogen) atoms. The number of anilines is 2. The van der Waals surface area contributed by atoms with Gasteiger partial charge in [-0.05, 0) is 129 Å². The first-order chi connectivity index (χ1) is 23.9. The molecule has 2 aromatic heterocycles. The van der Waals surface area contributed by atoms with Gasteiger partial charge in [-0.25, -0.2) is 19.6 Å². The molecule has 2 saturated heterocycles. The van der Waals surface area contributed by atoms with Crippen molar-refractivity contribution in [3.63, 3.8) is 0 Å². The molecule has 276 valence electrons. The molecule has 3 aromatic rings. The van der Waals surface area contributed by atoms with Gasteiger partial charge in [0.1, 0.15) is 11.2 Å². The molecule has 4 heterocycles. The van der Waals surface area contributed by atoms with Crippen LogP contribution in [0.1, 0.15) is 109 Å². The van der Waals surface area contributed by atoms with Gasteiger partial charge in [0.05, 0.1) is 33.2 Å². The lowest BCUT2D eigenvalue weighted by molar-refractivity contribution is -0.146. The van der Waals surface area contributed by atoms with Gasteiger partial charge < -0.3 is 24.6 Å². The first-order valence-corrected chi connectivity index (χ1v) is 18.7. The van der Waals surface area contributed by atoms with Crippen LogP contribution in [0, 0.1) is 5.92 Å². The molecule has 13 heteroatoms. The number of benzene rings is 1. The van der Waals surface area contributed by atoms with Crippen LogP contribution in [0.2, 0.25) is 0 Å². The second-order valence-electron chi connectivity index (χ2n) is 15.8. The van der Waals surface area contributed by atoms with Gasteiger partial charge in [0.25, 0.3) is 0 Å². The van der Waals surface area contributed by atoms with Gasteiger partial charge in [-0.2, -0.15) is 4.90 Å². The molecule has 0 radical (unpaired) electrons. The summed E-state index contributed by atoms with van der Waals surface area (Å²) in [6.45, 7) is 16.7. The Balaban J connectivity index is 1.36. The second-order valence-corrected chi connectivity index (χ2v) is 16.9. The van der Waals surface area contributed by atoms with E-state index >= 15 is 0 Å². The highest BCUT2D eigenvalue weighted by atomic mass is 32.1. The van der Waals surface area contributed by atoms with E-state index in [4.69, 9.17) is 14.5 Å². The zero-order valence-electron chi connectivity index (χ0n) is 31.4. The second kappa shape index (κ2) is 15.2. The van der Waals surface area contributed by atoms with Gasteiger partial charge >= 0.3 is 24.0 Å². The third-order valence-electron chi connectivity index (χ3n) is 9.10. The number of rotatable bonds is 5. The van der Waals surface area contributed by atoms with Gasteiger partial charge in [0.15, 0.2) is 5.82 Å². The number of imide groups is 1.